The maximum Gasteiger partial charge on any atom is 0.0499 e. The molecule has 2 nitrogen and oxygen atoms in total. The fourth-order valence-corrected chi connectivity index (χ4v) is 4.22. The average molecular weight is 267 g/mol. The van der Waals surface area contributed by atoms with Crippen LogP contribution in [0.25, 0.3) is 0 Å². The van der Waals surface area contributed by atoms with Crippen molar-refractivity contribution in [2.24, 2.45) is 16.7 Å². The third-order valence-electron chi connectivity index (χ3n) is 5.51. The summed E-state index contributed by atoms with van der Waals surface area (Å²) in [5, 5.41) is 9.94. The highest BCUT2D eigenvalue weighted by Gasteiger charge is 2.36. The van der Waals surface area contributed by atoms with Crippen LogP contribution in [0.3, 0.4) is 0 Å². The monoisotopic (exact) mass is 267 g/mol. The molecule has 1 saturated carbocycles. The number of nitrogens with zero attached hydrogens (tertiary/aromatic N) is 1. The first kappa shape index (κ1) is 15.3. The molecule has 2 rings (SSSR count). The normalized spacial score (nSPS) is 36.9. The van der Waals surface area contributed by atoms with Gasteiger partial charge in [0.2, 0.25) is 0 Å². The van der Waals surface area contributed by atoms with E-state index in [0.717, 1.165) is 12.5 Å². The number of aliphatic hydroxyl groups is 1. The third kappa shape index (κ3) is 4.19. The summed E-state index contributed by atoms with van der Waals surface area (Å²) >= 11 is 0. The van der Waals surface area contributed by atoms with Crippen LogP contribution in [0.15, 0.2) is 0 Å². The molecule has 0 radical (unpaired) electrons. The Kier molecular flexibility index (Phi) is 4.94. The molecule has 1 N–H and O–H groups in total. The molecule has 19 heavy (non-hydrogen) atoms. The highest BCUT2D eigenvalue weighted by Crippen LogP contribution is 2.40. The third-order valence-corrected chi connectivity index (χ3v) is 5.51. The maximum absolute atomic E-state index is 9.94. The number of hydrogen-bond donors (Lipinski definition) is 1. The van der Waals surface area contributed by atoms with Crippen LogP contribution in [0.1, 0.15) is 65.7 Å². The van der Waals surface area contributed by atoms with Gasteiger partial charge >= 0.3 is 0 Å². The molecule has 1 heterocycles. The molecule has 0 aromatic carbocycles. The Bertz CT molecular complexity index is 289. The van der Waals surface area contributed by atoms with E-state index >= 15 is 0 Å². The van der Waals surface area contributed by atoms with E-state index < -0.39 is 0 Å². The zero-order chi connectivity index (χ0) is 13.9. The van der Waals surface area contributed by atoms with Crippen LogP contribution < -0.4 is 0 Å². The lowest BCUT2D eigenvalue weighted by molar-refractivity contribution is 0.0241. The van der Waals surface area contributed by atoms with E-state index in [1.165, 1.54) is 58.0 Å². The van der Waals surface area contributed by atoms with Crippen molar-refractivity contribution in [1.29, 1.82) is 0 Å². The van der Waals surface area contributed by atoms with Gasteiger partial charge in [0.1, 0.15) is 0 Å². The van der Waals surface area contributed by atoms with Crippen LogP contribution in [0.5, 0.6) is 0 Å². The van der Waals surface area contributed by atoms with Gasteiger partial charge in [-0.15, -0.1) is 0 Å². The second-order valence-corrected chi connectivity index (χ2v) is 8.15. The second-order valence-electron chi connectivity index (χ2n) is 8.15. The molecule has 1 saturated heterocycles. The molecule has 112 valence electrons. The van der Waals surface area contributed by atoms with Crippen molar-refractivity contribution in [3.8, 4) is 0 Å². The van der Waals surface area contributed by atoms with Crippen molar-refractivity contribution >= 4 is 0 Å². The molecule has 2 heteroatoms. The summed E-state index contributed by atoms with van der Waals surface area (Å²) in [5.74, 6) is 0.796. The van der Waals surface area contributed by atoms with Crippen molar-refractivity contribution in [3.63, 3.8) is 0 Å². The number of aliphatic hydroxyl groups excluding tert-OH is 1. The molecule has 1 aliphatic carbocycles. The maximum atomic E-state index is 9.94. The molecule has 0 spiro atoms. The molecule has 0 aromatic rings. The van der Waals surface area contributed by atoms with Crippen LogP contribution in [0.2, 0.25) is 0 Å². The van der Waals surface area contributed by atoms with Crippen LogP contribution in [-0.4, -0.2) is 36.2 Å². The van der Waals surface area contributed by atoms with E-state index in [-0.39, 0.29) is 5.41 Å². The molecule has 0 amide bonds. The van der Waals surface area contributed by atoms with Gasteiger partial charge in [0, 0.05) is 18.6 Å². The second kappa shape index (κ2) is 6.13. The van der Waals surface area contributed by atoms with E-state index in [0.29, 0.717) is 12.0 Å². The molecular formula is C17H33NO. The Morgan fingerprint density at radius 3 is 2.58 bits per heavy atom. The van der Waals surface area contributed by atoms with E-state index in [1.807, 2.05) is 0 Å². The van der Waals surface area contributed by atoms with Crippen molar-refractivity contribution in [2.75, 3.05) is 26.2 Å². The molecule has 0 bridgehead atoms. The number of rotatable bonds is 3. The van der Waals surface area contributed by atoms with Crippen molar-refractivity contribution in [2.45, 2.75) is 65.7 Å². The highest BCUT2D eigenvalue weighted by molar-refractivity contribution is 4.89. The van der Waals surface area contributed by atoms with Gasteiger partial charge in [0.25, 0.3) is 0 Å². The lowest BCUT2D eigenvalue weighted by Gasteiger charge is -2.42. The number of hydrogen-bond acceptors (Lipinski definition) is 2. The first-order chi connectivity index (χ1) is 8.95. The van der Waals surface area contributed by atoms with Gasteiger partial charge in [-0.3, -0.25) is 0 Å². The van der Waals surface area contributed by atoms with E-state index in [2.05, 4.69) is 25.7 Å². The Balaban J connectivity index is 1.94. The van der Waals surface area contributed by atoms with Gasteiger partial charge < -0.3 is 10.0 Å². The summed E-state index contributed by atoms with van der Waals surface area (Å²) in [6, 6.07) is 0. The van der Waals surface area contributed by atoms with Crippen LogP contribution in [-0.2, 0) is 0 Å². The Morgan fingerprint density at radius 2 is 1.89 bits per heavy atom. The lowest BCUT2D eigenvalue weighted by Crippen LogP contribution is -2.43. The van der Waals surface area contributed by atoms with Crippen molar-refractivity contribution in [3.05, 3.63) is 0 Å². The molecular weight excluding hydrogens is 234 g/mol. The van der Waals surface area contributed by atoms with Gasteiger partial charge in [-0.25, -0.2) is 0 Å². The van der Waals surface area contributed by atoms with Crippen LogP contribution >= 0.6 is 0 Å². The molecule has 2 fully saturated rings. The van der Waals surface area contributed by atoms with E-state index in [9.17, 15) is 5.11 Å². The summed E-state index contributed by atoms with van der Waals surface area (Å²) in [6.45, 7) is 11.1. The zero-order valence-corrected chi connectivity index (χ0v) is 13.2. The van der Waals surface area contributed by atoms with Crippen molar-refractivity contribution in [1.82, 2.24) is 4.90 Å². The number of likely N-dealkylation sites (tertiary alicyclic amines) is 1. The molecule has 2 atom stereocenters. The summed E-state index contributed by atoms with van der Waals surface area (Å²) in [4.78, 5) is 2.64. The standard InChI is InChI=1S/C17H33NO/c1-15-6-4-8-17(12-15,14-19)13-18-10-5-7-16(2,3)9-11-18/h15,19H,4-14H2,1-3H3. The van der Waals surface area contributed by atoms with Crippen molar-refractivity contribution < 1.29 is 5.11 Å². The highest BCUT2D eigenvalue weighted by atomic mass is 16.3. The largest absolute Gasteiger partial charge is 0.396 e. The minimum absolute atomic E-state index is 0.201. The summed E-state index contributed by atoms with van der Waals surface area (Å²) in [5.41, 5.74) is 0.715. The van der Waals surface area contributed by atoms with Gasteiger partial charge in [-0.05, 0) is 56.5 Å². The van der Waals surface area contributed by atoms with Crippen LogP contribution in [0.4, 0.5) is 0 Å². The zero-order valence-electron chi connectivity index (χ0n) is 13.2. The molecule has 1 aliphatic heterocycles. The van der Waals surface area contributed by atoms with Crippen LogP contribution in [0, 0.1) is 16.7 Å². The minimum Gasteiger partial charge on any atom is -0.396 e. The first-order valence-electron chi connectivity index (χ1n) is 8.28. The fourth-order valence-electron chi connectivity index (χ4n) is 4.22. The van der Waals surface area contributed by atoms with Gasteiger partial charge in [-0.2, -0.15) is 0 Å². The molecule has 2 unspecified atom stereocenters. The summed E-state index contributed by atoms with van der Waals surface area (Å²) < 4.78 is 0. The predicted octanol–water partition coefficient (Wildman–Crippen LogP) is 3.69. The molecule has 0 aromatic heterocycles. The van der Waals surface area contributed by atoms with Gasteiger partial charge in [0.05, 0.1) is 0 Å². The average Bonchev–Trinajstić information content (AvgIpc) is 2.51. The molecule has 2 aliphatic rings. The van der Waals surface area contributed by atoms with E-state index in [4.69, 9.17) is 0 Å². The van der Waals surface area contributed by atoms with E-state index in [1.54, 1.807) is 0 Å². The van der Waals surface area contributed by atoms with Gasteiger partial charge in [-0.1, -0.05) is 33.6 Å². The Labute approximate surface area is 119 Å². The first-order valence-corrected chi connectivity index (χ1v) is 8.28. The Hall–Kier alpha value is -0.0800. The minimum atomic E-state index is 0.201. The topological polar surface area (TPSA) is 23.5 Å². The summed E-state index contributed by atoms with van der Waals surface area (Å²) in [7, 11) is 0. The lowest BCUT2D eigenvalue weighted by atomic mass is 9.70. The Morgan fingerprint density at radius 1 is 1.11 bits per heavy atom. The van der Waals surface area contributed by atoms with Gasteiger partial charge in [0.15, 0.2) is 0 Å². The fraction of sp³-hybridized carbons (Fsp3) is 1.00. The quantitative estimate of drug-likeness (QED) is 0.843. The summed E-state index contributed by atoms with van der Waals surface area (Å²) in [6.07, 6.45) is 9.10. The SMILES string of the molecule is CC1CCCC(CO)(CN2CCCC(C)(C)CC2)C1. The smallest absolute Gasteiger partial charge is 0.0499 e. The predicted molar refractivity (Wildman–Crippen MR) is 81.2 cm³/mol.